The molecule has 0 saturated heterocycles. The van der Waals surface area contributed by atoms with Crippen molar-refractivity contribution in [2.75, 3.05) is 11.8 Å². The average Bonchev–Trinajstić information content (AvgIpc) is 2.88. The van der Waals surface area contributed by atoms with Gasteiger partial charge in [-0.2, -0.15) is 0 Å². The number of hydrogen-bond acceptors (Lipinski definition) is 6. The molecule has 0 spiro atoms. The summed E-state index contributed by atoms with van der Waals surface area (Å²) in [5, 5.41) is 0.236. The van der Waals surface area contributed by atoms with Crippen LogP contribution in [0.3, 0.4) is 0 Å². The van der Waals surface area contributed by atoms with Gasteiger partial charge in [-0.1, -0.05) is 11.6 Å². The number of methoxy groups -OCH3 is 1. The Hall–Kier alpha value is -2.78. The number of aromatic nitrogens is 1. The quantitative estimate of drug-likeness (QED) is 0.678. The number of sulfonamides is 1. The number of aryl methyl sites for hydroxylation is 1. The van der Waals surface area contributed by atoms with Gasteiger partial charge in [0, 0.05) is 18.1 Å². The highest BCUT2D eigenvalue weighted by molar-refractivity contribution is 7.92. The van der Waals surface area contributed by atoms with Gasteiger partial charge in [0.1, 0.15) is 0 Å². The molecule has 8 nitrogen and oxygen atoms in total. The molecule has 0 atom stereocenters. The molecule has 3 aromatic rings. The molecular weight excluding hydrogens is 384 g/mol. The lowest BCUT2D eigenvalue weighted by Crippen LogP contribution is -2.16. The summed E-state index contributed by atoms with van der Waals surface area (Å²) in [7, 11) is -1.39. The maximum absolute atomic E-state index is 12.7. The van der Waals surface area contributed by atoms with E-state index in [1.54, 1.807) is 0 Å². The molecule has 2 aromatic carbocycles. The summed E-state index contributed by atoms with van der Waals surface area (Å²) in [6.07, 6.45) is 0. The van der Waals surface area contributed by atoms with Crippen molar-refractivity contribution >= 4 is 44.4 Å². The van der Waals surface area contributed by atoms with E-state index in [2.05, 4.69) is 9.46 Å². The lowest BCUT2D eigenvalue weighted by molar-refractivity contribution is 0.0602. The van der Waals surface area contributed by atoms with Crippen molar-refractivity contribution in [2.45, 2.75) is 4.90 Å². The smallest absolute Gasteiger partial charge is 0.419 e. The van der Waals surface area contributed by atoms with Crippen LogP contribution in [0.25, 0.3) is 11.1 Å². The highest BCUT2D eigenvalue weighted by atomic mass is 35.5. The van der Waals surface area contributed by atoms with Crippen LogP contribution in [0.5, 0.6) is 0 Å². The third-order valence-corrected chi connectivity index (χ3v) is 5.30. The fraction of sp³-hybridized carbons (Fsp3) is 0.125. The van der Waals surface area contributed by atoms with Gasteiger partial charge in [0.15, 0.2) is 5.58 Å². The van der Waals surface area contributed by atoms with E-state index in [0.717, 1.165) is 0 Å². The summed E-state index contributed by atoms with van der Waals surface area (Å²) in [6, 6.07) is 8.09. The Morgan fingerprint density at radius 1 is 1.23 bits per heavy atom. The minimum absolute atomic E-state index is 0.00722. The molecule has 1 aromatic heterocycles. The highest BCUT2D eigenvalue weighted by Crippen LogP contribution is 2.26. The van der Waals surface area contributed by atoms with Crippen LogP contribution in [0.2, 0.25) is 5.02 Å². The second-order valence-corrected chi connectivity index (χ2v) is 7.46. The highest BCUT2D eigenvalue weighted by Gasteiger charge is 2.21. The standard InChI is InChI=1S/C16H13ClN2O6S/c1-19-13-6-4-10(8-14(13)25-16(19)21)26(22,23)18-12-7-9(17)3-5-11(12)15(20)24-2/h3-8,18H,1-2H3. The summed E-state index contributed by atoms with van der Waals surface area (Å²) < 4.78 is 38.6. The van der Waals surface area contributed by atoms with Crippen molar-refractivity contribution in [2.24, 2.45) is 7.05 Å². The zero-order valence-corrected chi connectivity index (χ0v) is 15.2. The van der Waals surface area contributed by atoms with Crippen LogP contribution < -0.4 is 10.5 Å². The first-order valence-electron chi connectivity index (χ1n) is 7.23. The van der Waals surface area contributed by atoms with Crippen molar-refractivity contribution in [3.8, 4) is 0 Å². The van der Waals surface area contributed by atoms with Gasteiger partial charge in [0.2, 0.25) is 0 Å². The van der Waals surface area contributed by atoms with Crippen molar-refractivity contribution in [3.05, 3.63) is 57.5 Å². The van der Waals surface area contributed by atoms with E-state index in [0.29, 0.717) is 5.52 Å². The van der Waals surface area contributed by atoms with Gasteiger partial charge < -0.3 is 9.15 Å². The number of hydrogen-bond donors (Lipinski definition) is 1. The van der Waals surface area contributed by atoms with Gasteiger partial charge >= 0.3 is 11.7 Å². The van der Waals surface area contributed by atoms with Crippen molar-refractivity contribution < 1.29 is 22.4 Å². The van der Waals surface area contributed by atoms with E-state index < -0.39 is 21.7 Å². The number of fused-ring (bicyclic) bond motifs is 1. The minimum atomic E-state index is -4.08. The number of halogens is 1. The number of carbonyl (C=O) groups is 1. The molecule has 0 aliphatic carbocycles. The molecule has 0 aliphatic rings. The molecule has 26 heavy (non-hydrogen) atoms. The number of rotatable bonds is 4. The van der Waals surface area contributed by atoms with Gasteiger partial charge in [-0.05, 0) is 30.3 Å². The molecule has 0 aliphatic heterocycles. The molecule has 1 heterocycles. The molecule has 0 bridgehead atoms. The Morgan fingerprint density at radius 3 is 2.65 bits per heavy atom. The Balaban J connectivity index is 2.06. The van der Waals surface area contributed by atoms with E-state index in [1.165, 1.54) is 55.1 Å². The first-order valence-corrected chi connectivity index (χ1v) is 9.09. The van der Waals surface area contributed by atoms with Gasteiger partial charge in [-0.3, -0.25) is 9.29 Å². The Kier molecular flexibility index (Phi) is 4.51. The molecule has 0 radical (unpaired) electrons. The van der Waals surface area contributed by atoms with Crippen LogP contribution in [0.15, 0.2) is 50.5 Å². The molecule has 1 N–H and O–H groups in total. The Labute approximate surface area is 153 Å². The summed E-state index contributed by atoms with van der Waals surface area (Å²) in [5.41, 5.74) is 0.554. The molecule has 136 valence electrons. The van der Waals surface area contributed by atoms with Crippen molar-refractivity contribution in [1.29, 1.82) is 0 Å². The van der Waals surface area contributed by atoms with E-state index in [-0.39, 0.29) is 26.8 Å². The van der Waals surface area contributed by atoms with Crippen molar-refractivity contribution in [3.63, 3.8) is 0 Å². The maximum atomic E-state index is 12.7. The number of nitrogens with one attached hydrogen (secondary N) is 1. The van der Waals surface area contributed by atoms with Crippen LogP contribution >= 0.6 is 11.6 Å². The molecule has 10 heteroatoms. The number of oxazole rings is 1. The zero-order chi connectivity index (χ0) is 19.1. The molecule has 3 rings (SSSR count). The first kappa shape index (κ1) is 18.0. The van der Waals surface area contributed by atoms with E-state index >= 15 is 0 Å². The largest absolute Gasteiger partial charge is 0.465 e. The molecule has 0 amide bonds. The minimum Gasteiger partial charge on any atom is -0.465 e. The number of esters is 1. The van der Waals surface area contributed by atoms with Gasteiger partial charge in [-0.25, -0.2) is 18.0 Å². The third-order valence-electron chi connectivity index (χ3n) is 3.71. The van der Waals surface area contributed by atoms with Crippen molar-refractivity contribution in [1.82, 2.24) is 4.57 Å². The van der Waals surface area contributed by atoms with Crippen LogP contribution in [-0.2, 0) is 21.8 Å². The number of benzene rings is 2. The zero-order valence-electron chi connectivity index (χ0n) is 13.6. The molecule has 0 fully saturated rings. The van der Waals surface area contributed by atoms with Crippen LogP contribution in [0.4, 0.5) is 5.69 Å². The lowest BCUT2D eigenvalue weighted by Gasteiger charge is -2.12. The third kappa shape index (κ3) is 3.18. The van der Waals surface area contributed by atoms with E-state index in [9.17, 15) is 18.0 Å². The number of carbonyl (C=O) groups excluding carboxylic acids is 1. The first-order chi connectivity index (χ1) is 12.2. The van der Waals surface area contributed by atoms with E-state index in [4.69, 9.17) is 16.0 Å². The summed E-state index contributed by atoms with van der Waals surface area (Å²) >= 11 is 5.90. The SMILES string of the molecule is COC(=O)c1ccc(Cl)cc1NS(=O)(=O)c1ccc2c(c1)oc(=O)n2C. The lowest BCUT2D eigenvalue weighted by atomic mass is 10.2. The predicted octanol–water partition coefficient (Wildman–Crippen LogP) is 2.37. The Bertz CT molecular complexity index is 1180. The Morgan fingerprint density at radius 2 is 1.96 bits per heavy atom. The summed E-state index contributed by atoms with van der Waals surface area (Å²) in [5.74, 6) is -1.32. The monoisotopic (exact) mass is 396 g/mol. The summed E-state index contributed by atoms with van der Waals surface area (Å²) in [4.78, 5) is 23.2. The number of ether oxygens (including phenoxy) is 1. The summed E-state index contributed by atoms with van der Waals surface area (Å²) in [6.45, 7) is 0. The molecule has 0 unspecified atom stereocenters. The van der Waals surface area contributed by atoms with E-state index in [1.807, 2.05) is 0 Å². The van der Waals surface area contributed by atoms with Crippen LogP contribution in [0, 0.1) is 0 Å². The second kappa shape index (κ2) is 6.50. The average molecular weight is 397 g/mol. The van der Waals surface area contributed by atoms with Gasteiger partial charge in [0.05, 0.1) is 28.8 Å². The van der Waals surface area contributed by atoms with Crippen LogP contribution in [-0.4, -0.2) is 26.1 Å². The molecular formula is C16H13ClN2O6S. The predicted molar refractivity (Wildman–Crippen MR) is 95.1 cm³/mol. The molecule has 0 saturated carbocycles. The number of nitrogens with zero attached hydrogens (tertiary/aromatic N) is 1. The van der Waals surface area contributed by atoms with Crippen LogP contribution in [0.1, 0.15) is 10.4 Å². The van der Waals surface area contributed by atoms with Gasteiger partial charge in [0.25, 0.3) is 10.0 Å². The maximum Gasteiger partial charge on any atom is 0.419 e. The van der Waals surface area contributed by atoms with Gasteiger partial charge in [-0.15, -0.1) is 0 Å². The topological polar surface area (TPSA) is 108 Å². The second-order valence-electron chi connectivity index (χ2n) is 5.34. The fourth-order valence-electron chi connectivity index (χ4n) is 2.37. The normalized spacial score (nSPS) is 11.5. The fourth-order valence-corrected chi connectivity index (χ4v) is 3.63. The number of anilines is 1.